The number of hydrogen-bond donors (Lipinski definition) is 1. The molecule has 3 amide bonds. The van der Waals surface area contributed by atoms with Gasteiger partial charge in [-0.05, 0) is 53.7 Å². The molecule has 0 aromatic heterocycles. The highest BCUT2D eigenvalue weighted by Crippen LogP contribution is 2.36. The Hall–Kier alpha value is -2.68. The predicted molar refractivity (Wildman–Crippen MR) is 114 cm³/mol. The van der Waals surface area contributed by atoms with Gasteiger partial charge in [-0.1, -0.05) is 29.3 Å². The standard InChI is InChI=1S/C20H14Cl2N2O5S/c21-12-2-3-14(22)13(9-12)18(25)23-5-6-24-19(26)17(30-20(24)27)8-11-1-4-15-16(7-11)29-10-28-15/h1-4,7-9H,5-6,10H2,(H,23,25)/b17-8-. The fourth-order valence-electron chi connectivity index (χ4n) is 2.90. The minimum Gasteiger partial charge on any atom is -0.454 e. The molecule has 0 unspecified atom stereocenters. The number of carbonyl (C=O) groups is 3. The van der Waals surface area contributed by atoms with Crippen LogP contribution in [0, 0.1) is 0 Å². The third-order valence-corrected chi connectivity index (χ3v) is 5.83. The zero-order valence-electron chi connectivity index (χ0n) is 15.3. The van der Waals surface area contributed by atoms with E-state index >= 15 is 0 Å². The quantitative estimate of drug-likeness (QED) is 0.667. The maximum atomic E-state index is 12.6. The Morgan fingerprint density at radius 2 is 1.93 bits per heavy atom. The van der Waals surface area contributed by atoms with Crippen molar-refractivity contribution in [2.45, 2.75) is 0 Å². The number of imide groups is 1. The first-order chi connectivity index (χ1) is 14.4. The average molecular weight is 465 g/mol. The topological polar surface area (TPSA) is 84.9 Å². The number of thioether (sulfide) groups is 1. The zero-order chi connectivity index (χ0) is 21.3. The summed E-state index contributed by atoms with van der Waals surface area (Å²) in [5.41, 5.74) is 0.940. The van der Waals surface area contributed by atoms with Crippen molar-refractivity contribution >= 4 is 58.1 Å². The number of nitrogens with zero attached hydrogens (tertiary/aromatic N) is 1. The number of rotatable bonds is 5. The molecule has 2 aromatic rings. The minimum atomic E-state index is -0.439. The Morgan fingerprint density at radius 1 is 1.13 bits per heavy atom. The van der Waals surface area contributed by atoms with E-state index in [1.807, 2.05) is 0 Å². The summed E-state index contributed by atoms with van der Waals surface area (Å²) in [6, 6.07) is 9.81. The van der Waals surface area contributed by atoms with Gasteiger partial charge in [0.25, 0.3) is 17.1 Å². The lowest BCUT2D eigenvalue weighted by Crippen LogP contribution is -2.37. The molecule has 10 heteroatoms. The lowest BCUT2D eigenvalue weighted by atomic mass is 10.2. The van der Waals surface area contributed by atoms with E-state index in [-0.39, 0.29) is 30.5 Å². The summed E-state index contributed by atoms with van der Waals surface area (Å²) in [5.74, 6) is 0.365. The normalized spacial score (nSPS) is 16.5. The van der Waals surface area contributed by atoms with Crippen LogP contribution in [0.2, 0.25) is 10.0 Å². The van der Waals surface area contributed by atoms with E-state index in [1.165, 1.54) is 12.1 Å². The maximum absolute atomic E-state index is 12.6. The van der Waals surface area contributed by atoms with Gasteiger partial charge in [-0.3, -0.25) is 19.3 Å². The molecule has 0 aliphatic carbocycles. The highest BCUT2D eigenvalue weighted by atomic mass is 35.5. The van der Waals surface area contributed by atoms with Crippen molar-refractivity contribution in [2.75, 3.05) is 19.9 Å². The Balaban J connectivity index is 1.38. The molecule has 1 saturated heterocycles. The number of carbonyl (C=O) groups excluding carboxylic acids is 3. The molecule has 0 saturated carbocycles. The van der Waals surface area contributed by atoms with Crippen LogP contribution in [-0.4, -0.2) is 41.8 Å². The summed E-state index contributed by atoms with van der Waals surface area (Å²) >= 11 is 12.7. The lowest BCUT2D eigenvalue weighted by molar-refractivity contribution is -0.122. The van der Waals surface area contributed by atoms with Crippen LogP contribution in [0.25, 0.3) is 6.08 Å². The van der Waals surface area contributed by atoms with Crippen LogP contribution < -0.4 is 14.8 Å². The molecule has 1 fully saturated rings. The molecule has 154 valence electrons. The number of amides is 3. The summed E-state index contributed by atoms with van der Waals surface area (Å²) in [5, 5.41) is 2.88. The first-order valence-corrected chi connectivity index (χ1v) is 10.4. The van der Waals surface area contributed by atoms with Gasteiger partial charge in [-0.25, -0.2) is 0 Å². The van der Waals surface area contributed by atoms with Gasteiger partial charge in [0.2, 0.25) is 6.79 Å². The van der Waals surface area contributed by atoms with Gasteiger partial charge in [-0.15, -0.1) is 0 Å². The number of fused-ring (bicyclic) bond motifs is 1. The van der Waals surface area contributed by atoms with E-state index < -0.39 is 17.1 Å². The first kappa shape index (κ1) is 20.6. The van der Waals surface area contributed by atoms with Gasteiger partial charge < -0.3 is 14.8 Å². The van der Waals surface area contributed by atoms with E-state index in [0.717, 1.165) is 16.7 Å². The van der Waals surface area contributed by atoms with Crippen molar-refractivity contribution in [2.24, 2.45) is 0 Å². The number of ether oxygens (including phenoxy) is 2. The zero-order valence-corrected chi connectivity index (χ0v) is 17.6. The van der Waals surface area contributed by atoms with E-state index in [2.05, 4.69) is 5.32 Å². The van der Waals surface area contributed by atoms with Crippen molar-refractivity contribution in [3.8, 4) is 11.5 Å². The van der Waals surface area contributed by atoms with Crippen molar-refractivity contribution in [3.05, 3.63) is 62.5 Å². The third kappa shape index (κ3) is 4.26. The molecule has 4 rings (SSSR count). The van der Waals surface area contributed by atoms with Crippen LogP contribution in [0.4, 0.5) is 4.79 Å². The number of hydrogen-bond acceptors (Lipinski definition) is 6. The Morgan fingerprint density at radius 3 is 2.77 bits per heavy atom. The lowest BCUT2D eigenvalue weighted by Gasteiger charge is -2.13. The average Bonchev–Trinajstić information content (AvgIpc) is 3.29. The molecule has 2 aliphatic rings. The molecular formula is C20H14Cl2N2O5S. The molecule has 1 N–H and O–H groups in total. The van der Waals surface area contributed by atoms with Crippen molar-refractivity contribution in [3.63, 3.8) is 0 Å². The van der Waals surface area contributed by atoms with Gasteiger partial charge in [0, 0.05) is 18.1 Å². The van der Waals surface area contributed by atoms with Gasteiger partial charge in [0.05, 0.1) is 15.5 Å². The molecule has 0 radical (unpaired) electrons. The van der Waals surface area contributed by atoms with E-state index in [1.54, 1.807) is 30.3 Å². The van der Waals surface area contributed by atoms with Gasteiger partial charge in [-0.2, -0.15) is 0 Å². The Bertz CT molecular complexity index is 1090. The van der Waals surface area contributed by atoms with E-state index in [4.69, 9.17) is 32.7 Å². The summed E-state index contributed by atoms with van der Waals surface area (Å²) in [4.78, 5) is 38.5. The van der Waals surface area contributed by atoms with Crippen molar-refractivity contribution in [1.82, 2.24) is 10.2 Å². The molecule has 30 heavy (non-hydrogen) atoms. The Labute approximate surface area is 185 Å². The number of benzene rings is 2. The summed E-state index contributed by atoms with van der Waals surface area (Å²) < 4.78 is 10.6. The second kappa shape index (κ2) is 8.59. The molecule has 0 spiro atoms. The monoisotopic (exact) mass is 464 g/mol. The molecule has 0 atom stereocenters. The highest BCUT2D eigenvalue weighted by Gasteiger charge is 2.34. The van der Waals surface area contributed by atoms with Crippen LogP contribution in [0.3, 0.4) is 0 Å². The molecular weight excluding hydrogens is 451 g/mol. The van der Waals surface area contributed by atoms with Gasteiger partial charge >= 0.3 is 0 Å². The summed E-state index contributed by atoms with van der Waals surface area (Å²) in [6.45, 7) is 0.269. The van der Waals surface area contributed by atoms with E-state index in [9.17, 15) is 14.4 Å². The van der Waals surface area contributed by atoms with Crippen molar-refractivity contribution in [1.29, 1.82) is 0 Å². The second-order valence-electron chi connectivity index (χ2n) is 6.33. The predicted octanol–water partition coefficient (Wildman–Crippen LogP) is 4.19. The summed E-state index contributed by atoms with van der Waals surface area (Å²) in [7, 11) is 0. The molecule has 2 aliphatic heterocycles. The number of nitrogens with one attached hydrogen (secondary N) is 1. The van der Waals surface area contributed by atoms with Crippen LogP contribution in [0.5, 0.6) is 11.5 Å². The second-order valence-corrected chi connectivity index (χ2v) is 8.16. The minimum absolute atomic E-state index is 0.0348. The van der Waals surface area contributed by atoms with Crippen LogP contribution >= 0.6 is 35.0 Å². The van der Waals surface area contributed by atoms with Crippen LogP contribution in [0.15, 0.2) is 41.3 Å². The molecule has 7 nitrogen and oxygen atoms in total. The molecule has 0 bridgehead atoms. The number of halogens is 2. The third-order valence-electron chi connectivity index (χ3n) is 4.36. The molecule has 2 aromatic carbocycles. The van der Waals surface area contributed by atoms with Crippen molar-refractivity contribution < 1.29 is 23.9 Å². The SMILES string of the molecule is O=C(NCCN1C(=O)S/C(=C\c2ccc3c(c2)OCO3)C1=O)c1cc(Cl)ccc1Cl. The highest BCUT2D eigenvalue weighted by molar-refractivity contribution is 8.18. The van der Waals surface area contributed by atoms with Gasteiger partial charge in [0.1, 0.15) is 0 Å². The molecule has 2 heterocycles. The largest absolute Gasteiger partial charge is 0.454 e. The van der Waals surface area contributed by atoms with E-state index in [0.29, 0.717) is 27.0 Å². The maximum Gasteiger partial charge on any atom is 0.293 e. The first-order valence-electron chi connectivity index (χ1n) is 8.80. The summed E-state index contributed by atoms with van der Waals surface area (Å²) in [6.07, 6.45) is 1.62. The fourth-order valence-corrected chi connectivity index (χ4v) is 4.14. The van der Waals surface area contributed by atoms with Crippen LogP contribution in [-0.2, 0) is 4.79 Å². The smallest absolute Gasteiger partial charge is 0.293 e. The Kier molecular flexibility index (Phi) is 5.90. The van der Waals surface area contributed by atoms with Gasteiger partial charge in [0.15, 0.2) is 11.5 Å². The fraction of sp³-hybridized carbons (Fsp3) is 0.150. The van der Waals surface area contributed by atoms with Crippen LogP contribution in [0.1, 0.15) is 15.9 Å².